The summed E-state index contributed by atoms with van der Waals surface area (Å²) in [6.45, 7) is 3.85. The Labute approximate surface area is 152 Å². The van der Waals surface area contributed by atoms with Gasteiger partial charge in [-0.1, -0.05) is 48.8 Å². The third-order valence-electron chi connectivity index (χ3n) is 3.02. The summed E-state index contributed by atoms with van der Waals surface area (Å²) < 4.78 is 5.00. The molecule has 0 saturated carbocycles. The molecule has 2 aromatic heterocycles. The topological polar surface area (TPSA) is 94.9 Å². The van der Waals surface area contributed by atoms with E-state index in [0.29, 0.717) is 11.7 Å². The molecule has 25 heavy (non-hydrogen) atoms. The Balaban J connectivity index is 0.000000335. The first-order valence-electron chi connectivity index (χ1n) is 8.07. The molecular weight excluding hydrogens is 336 g/mol. The predicted octanol–water partition coefficient (Wildman–Crippen LogP) is 4.12. The van der Waals surface area contributed by atoms with E-state index < -0.39 is 0 Å². The Bertz CT molecular complexity index is 726. The zero-order valence-electron chi connectivity index (χ0n) is 14.8. The Morgan fingerprint density at radius 3 is 2.48 bits per heavy atom. The van der Waals surface area contributed by atoms with Crippen molar-refractivity contribution in [1.29, 1.82) is 0 Å². The van der Waals surface area contributed by atoms with Gasteiger partial charge in [0, 0.05) is 18.9 Å². The van der Waals surface area contributed by atoms with Gasteiger partial charge in [0.25, 0.3) is 0 Å². The van der Waals surface area contributed by atoms with Gasteiger partial charge in [-0.3, -0.25) is 0 Å². The third kappa shape index (κ3) is 6.56. The minimum absolute atomic E-state index is 0.562. The number of nitrogens with zero attached hydrogens (tertiary/aromatic N) is 3. The Kier molecular flexibility index (Phi) is 9.96. The van der Waals surface area contributed by atoms with Gasteiger partial charge in [0.1, 0.15) is 11.2 Å². The lowest BCUT2D eigenvalue weighted by molar-refractivity contribution is -0.107. The summed E-state index contributed by atoms with van der Waals surface area (Å²) in [5, 5.41) is 3.93. The molecule has 3 rings (SSSR count). The Morgan fingerprint density at radius 2 is 1.96 bits per heavy atom. The van der Waals surface area contributed by atoms with Crippen LogP contribution in [0.1, 0.15) is 32.1 Å². The van der Waals surface area contributed by atoms with Crippen molar-refractivity contribution in [2.75, 3.05) is 7.05 Å². The van der Waals surface area contributed by atoms with E-state index in [4.69, 9.17) is 4.52 Å². The average molecular weight is 360 g/mol. The van der Waals surface area contributed by atoms with E-state index in [1.54, 1.807) is 12.4 Å². The molecule has 6 nitrogen and oxygen atoms in total. The maximum Gasteiger partial charge on any atom is 0.223 e. The molecule has 0 amide bonds. The molecule has 0 radical (unpaired) electrons. The van der Waals surface area contributed by atoms with Crippen molar-refractivity contribution in [3.05, 3.63) is 41.7 Å². The minimum atomic E-state index is 0.562. The van der Waals surface area contributed by atoms with Crippen molar-refractivity contribution >= 4 is 17.6 Å². The van der Waals surface area contributed by atoms with E-state index >= 15 is 0 Å². The van der Waals surface area contributed by atoms with Gasteiger partial charge in [0.15, 0.2) is 0 Å². The Hall–Kier alpha value is -2.38. The highest BCUT2D eigenvalue weighted by molar-refractivity contribution is 7.13. The van der Waals surface area contributed by atoms with E-state index in [2.05, 4.69) is 27.8 Å². The highest BCUT2D eigenvalue weighted by Gasteiger charge is 2.15. The number of carbonyl (C=O) groups excluding carboxylic acids is 1. The molecular formula is C18H24N4O2S. The fourth-order valence-electron chi connectivity index (χ4n) is 1.89. The molecule has 0 fully saturated rings. The van der Waals surface area contributed by atoms with Crippen molar-refractivity contribution in [2.24, 2.45) is 5.73 Å². The summed E-state index contributed by atoms with van der Waals surface area (Å²) in [4.78, 5) is 19.1. The number of benzene rings is 1. The highest BCUT2D eigenvalue weighted by Crippen LogP contribution is 2.32. The molecule has 2 heterocycles. The molecule has 0 unspecified atom stereocenters. The largest absolute Gasteiger partial charge is 0.339 e. The van der Waals surface area contributed by atoms with E-state index in [9.17, 15) is 4.79 Å². The van der Waals surface area contributed by atoms with Gasteiger partial charge in [-0.05, 0) is 13.5 Å². The molecule has 0 spiro atoms. The molecule has 0 saturated heterocycles. The quantitative estimate of drug-likeness (QED) is 0.543. The van der Waals surface area contributed by atoms with Crippen LogP contribution in [0, 0.1) is 6.92 Å². The second-order valence-electron chi connectivity index (χ2n) is 4.84. The van der Waals surface area contributed by atoms with Crippen LogP contribution in [0.5, 0.6) is 0 Å². The molecule has 0 aliphatic heterocycles. The summed E-state index contributed by atoms with van der Waals surface area (Å²) in [5.41, 5.74) is 8.26. The fraction of sp³-hybridized carbons (Fsp3) is 0.333. The molecule has 0 bridgehead atoms. The number of unbranched alkanes of at least 4 members (excludes halogenated alkanes) is 2. The van der Waals surface area contributed by atoms with Gasteiger partial charge >= 0.3 is 0 Å². The first-order chi connectivity index (χ1) is 12.3. The number of hydrogen-bond donors (Lipinski definition) is 1. The lowest BCUT2D eigenvalue weighted by atomic mass is 10.1. The van der Waals surface area contributed by atoms with Crippen LogP contribution in [-0.2, 0) is 4.79 Å². The molecule has 134 valence electrons. The Morgan fingerprint density at radius 1 is 1.24 bits per heavy atom. The molecule has 0 atom stereocenters. The van der Waals surface area contributed by atoms with Crippen LogP contribution in [-0.4, -0.2) is 28.5 Å². The van der Waals surface area contributed by atoms with Crippen LogP contribution in [0.3, 0.4) is 0 Å². The number of aldehydes is 1. The SMILES string of the molecule is CCCCC=O.CN.Cc1nc(-c2scnc2-c2ccccc2)no1. The van der Waals surface area contributed by atoms with Gasteiger partial charge in [-0.15, -0.1) is 11.3 Å². The maximum absolute atomic E-state index is 9.56. The van der Waals surface area contributed by atoms with Gasteiger partial charge in [-0.25, -0.2) is 4.98 Å². The first-order valence-corrected chi connectivity index (χ1v) is 8.95. The number of aryl methyl sites for hydroxylation is 1. The van der Waals surface area contributed by atoms with Crippen molar-refractivity contribution in [2.45, 2.75) is 33.1 Å². The minimum Gasteiger partial charge on any atom is -0.339 e. The van der Waals surface area contributed by atoms with Crippen LogP contribution in [0.2, 0.25) is 0 Å². The number of hydrogen-bond acceptors (Lipinski definition) is 7. The summed E-state index contributed by atoms with van der Waals surface area (Å²) in [7, 11) is 1.50. The van der Waals surface area contributed by atoms with Crippen molar-refractivity contribution in [3.63, 3.8) is 0 Å². The van der Waals surface area contributed by atoms with E-state index in [-0.39, 0.29) is 0 Å². The van der Waals surface area contributed by atoms with E-state index in [1.807, 2.05) is 30.3 Å². The number of carbonyl (C=O) groups is 1. The standard InChI is InChI=1S/C12H9N3OS.C5H10O.CH5N/c1-8-14-12(15-16-8)11-10(13-7-17-11)9-5-3-2-4-6-9;1-2-3-4-5-6;1-2/h2-7H,1H3;5H,2-4H2,1H3;2H2,1H3. The van der Waals surface area contributed by atoms with Crippen molar-refractivity contribution in [3.8, 4) is 22.0 Å². The predicted molar refractivity (Wildman–Crippen MR) is 101 cm³/mol. The number of nitrogens with two attached hydrogens (primary N) is 1. The molecule has 0 aliphatic rings. The first kappa shape index (κ1) is 20.7. The zero-order valence-corrected chi connectivity index (χ0v) is 15.6. The van der Waals surface area contributed by atoms with Gasteiger partial charge in [-0.2, -0.15) is 4.98 Å². The second kappa shape index (κ2) is 12.0. The third-order valence-corrected chi connectivity index (χ3v) is 3.84. The average Bonchev–Trinajstić information content (AvgIpc) is 3.31. The fourth-order valence-corrected chi connectivity index (χ4v) is 2.62. The summed E-state index contributed by atoms with van der Waals surface area (Å²) in [6, 6.07) is 9.99. The van der Waals surface area contributed by atoms with Crippen molar-refractivity contribution in [1.82, 2.24) is 15.1 Å². The number of rotatable bonds is 5. The molecule has 2 N–H and O–H groups in total. The van der Waals surface area contributed by atoms with Crippen LogP contribution in [0.4, 0.5) is 0 Å². The lowest BCUT2D eigenvalue weighted by Crippen LogP contribution is -1.83. The van der Waals surface area contributed by atoms with Gasteiger partial charge in [0.05, 0.1) is 11.2 Å². The molecule has 3 aromatic rings. The monoisotopic (exact) mass is 360 g/mol. The molecule has 7 heteroatoms. The summed E-state index contributed by atoms with van der Waals surface area (Å²) in [6.07, 6.45) is 3.86. The molecule has 1 aromatic carbocycles. The van der Waals surface area contributed by atoms with Crippen LogP contribution in [0.15, 0.2) is 40.4 Å². The van der Waals surface area contributed by atoms with Crippen LogP contribution in [0.25, 0.3) is 22.0 Å². The van der Waals surface area contributed by atoms with E-state index in [0.717, 1.165) is 41.7 Å². The normalized spacial score (nSPS) is 9.44. The highest BCUT2D eigenvalue weighted by atomic mass is 32.1. The van der Waals surface area contributed by atoms with Gasteiger partial charge < -0.3 is 15.1 Å². The van der Waals surface area contributed by atoms with Gasteiger partial charge in [0.2, 0.25) is 11.7 Å². The lowest BCUT2D eigenvalue weighted by Gasteiger charge is -1.97. The summed E-state index contributed by atoms with van der Waals surface area (Å²) >= 11 is 1.51. The van der Waals surface area contributed by atoms with Crippen molar-refractivity contribution < 1.29 is 9.32 Å². The smallest absolute Gasteiger partial charge is 0.223 e. The number of thiazole rings is 1. The molecule has 0 aliphatic carbocycles. The second-order valence-corrected chi connectivity index (χ2v) is 5.70. The number of aromatic nitrogens is 3. The van der Waals surface area contributed by atoms with Crippen LogP contribution < -0.4 is 5.73 Å². The zero-order chi connectivity index (χ0) is 18.5. The van der Waals surface area contributed by atoms with Crippen LogP contribution >= 0.6 is 11.3 Å². The summed E-state index contributed by atoms with van der Waals surface area (Å²) in [5.74, 6) is 1.16. The van der Waals surface area contributed by atoms with E-state index in [1.165, 1.54) is 18.4 Å². The maximum atomic E-state index is 9.56.